The first-order valence-corrected chi connectivity index (χ1v) is 8.53. The number of carboxylic acids is 1. The maximum absolute atomic E-state index is 12.8. The van der Waals surface area contributed by atoms with Crippen LogP contribution in [0.3, 0.4) is 0 Å². The molecule has 0 saturated carbocycles. The number of hydrogen-bond donors (Lipinski definition) is 1. The first-order valence-electron chi connectivity index (χ1n) is 8.53. The Kier molecular flexibility index (Phi) is 5.48. The third kappa shape index (κ3) is 4.13. The van der Waals surface area contributed by atoms with E-state index in [1.54, 1.807) is 4.90 Å². The highest BCUT2D eigenvalue weighted by Crippen LogP contribution is 2.21. The molecule has 3 rings (SSSR count). The van der Waals surface area contributed by atoms with E-state index in [1.807, 2.05) is 35.2 Å². The summed E-state index contributed by atoms with van der Waals surface area (Å²) in [5.74, 6) is -1.03. The van der Waals surface area contributed by atoms with Crippen LogP contribution in [-0.2, 0) is 20.9 Å². The minimum Gasteiger partial charge on any atom is -0.481 e. The fourth-order valence-electron chi connectivity index (χ4n) is 3.49. The average molecular weight is 332 g/mol. The Bertz CT molecular complexity index is 572. The van der Waals surface area contributed by atoms with Gasteiger partial charge in [0.05, 0.1) is 12.5 Å². The topological polar surface area (TPSA) is 70.1 Å². The number of aliphatic carboxylic acids is 1. The second-order valence-corrected chi connectivity index (χ2v) is 6.49. The van der Waals surface area contributed by atoms with Gasteiger partial charge in [-0.2, -0.15) is 0 Å². The molecule has 0 radical (unpaired) electrons. The van der Waals surface area contributed by atoms with Gasteiger partial charge in [0.2, 0.25) is 5.91 Å². The van der Waals surface area contributed by atoms with E-state index in [2.05, 4.69) is 0 Å². The molecule has 24 heavy (non-hydrogen) atoms. The van der Waals surface area contributed by atoms with E-state index in [9.17, 15) is 14.7 Å². The second-order valence-electron chi connectivity index (χ2n) is 6.49. The van der Waals surface area contributed by atoms with Gasteiger partial charge in [-0.3, -0.25) is 14.5 Å². The molecule has 0 aliphatic carbocycles. The summed E-state index contributed by atoms with van der Waals surface area (Å²) in [4.78, 5) is 27.8. The number of piperazine rings is 1. The lowest BCUT2D eigenvalue weighted by Crippen LogP contribution is -2.58. The van der Waals surface area contributed by atoms with Gasteiger partial charge in [-0.25, -0.2) is 0 Å². The molecule has 2 unspecified atom stereocenters. The van der Waals surface area contributed by atoms with Crippen LogP contribution in [0.2, 0.25) is 0 Å². The standard InChI is InChI=1S/C18H24N2O4/c21-17(22)11-16-18(23)20(13-15-7-4-10-24-15)9-8-19(16)12-14-5-2-1-3-6-14/h1-3,5-6,15-16H,4,7-13H2,(H,21,22). The lowest BCUT2D eigenvalue weighted by Gasteiger charge is -2.40. The molecule has 2 saturated heterocycles. The van der Waals surface area contributed by atoms with Gasteiger partial charge in [0.15, 0.2) is 0 Å². The summed E-state index contributed by atoms with van der Waals surface area (Å²) in [6.07, 6.45) is 1.94. The molecule has 6 nitrogen and oxygen atoms in total. The Morgan fingerprint density at radius 2 is 2.04 bits per heavy atom. The summed E-state index contributed by atoms with van der Waals surface area (Å²) in [7, 11) is 0. The molecule has 1 aromatic carbocycles. The van der Waals surface area contributed by atoms with Crippen LogP contribution < -0.4 is 0 Å². The number of hydrogen-bond acceptors (Lipinski definition) is 4. The number of ether oxygens (including phenoxy) is 1. The van der Waals surface area contributed by atoms with Crippen molar-refractivity contribution in [3.63, 3.8) is 0 Å². The fourth-order valence-corrected chi connectivity index (χ4v) is 3.49. The zero-order valence-corrected chi connectivity index (χ0v) is 13.8. The molecule has 1 N–H and O–H groups in total. The molecular weight excluding hydrogens is 308 g/mol. The molecule has 130 valence electrons. The summed E-state index contributed by atoms with van der Waals surface area (Å²) >= 11 is 0. The largest absolute Gasteiger partial charge is 0.481 e. The molecule has 1 amide bonds. The van der Waals surface area contributed by atoms with Crippen LogP contribution in [0.25, 0.3) is 0 Å². The summed E-state index contributed by atoms with van der Waals surface area (Å²) in [5.41, 5.74) is 1.09. The van der Waals surface area contributed by atoms with Crippen LogP contribution in [0.5, 0.6) is 0 Å². The van der Waals surface area contributed by atoms with Gasteiger partial charge in [-0.15, -0.1) is 0 Å². The van der Waals surface area contributed by atoms with Crippen molar-refractivity contribution in [1.29, 1.82) is 0 Å². The summed E-state index contributed by atoms with van der Waals surface area (Å²) in [6, 6.07) is 9.26. The molecule has 1 aromatic rings. The van der Waals surface area contributed by atoms with Crippen molar-refractivity contribution in [3.05, 3.63) is 35.9 Å². The highest BCUT2D eigenvalue weighted by Gasteiger charge is 2.37. The molecule has 6 heteroatoms. The number of amides is 1. The summed E-state index contributed by atoms with van der Waals surface area (Å²) < 4.78 is 5.62. The highest BCUT2D eigenvalue weighted by molar-refractivity contribution is 5.86. The highest BCUT2D eigenvalue weighted by atomic mass is 16.5. The molecule has 2 aliphatic rings. The van der Waals surface area contributed by atoms with Crippen molar-refractivity contribution >= 4 is 11.9 Å². The number of rotatable bonds is 6. The molecule has 0 bridgehead atoms. The van der Waals surface area contributed by atoms with E-state index in [1.165, 1.54) is 0 Å². The van der Waals surface area contributed by atoms with Crippen molar-refractivity contribution in [2.24, 2.45) is 0 Å². The molecule has 2 atom stereocenters. The zero-order valence-electron chi connectivity index (χ0n) is 13.8. The van der Waals surface area contributed by atoms with Gasteiger partial charge in [0.25, 0.3) is 0 Å². The predicted octanol–water partition coefficient (Wildman–Crippen LogP) is 1.35. The molecule has 2 heterocycles. The predicted molar refractivity (Wildman–Crippen MR) is 88.4 cm³/mol. The van der Waals surface area contributed by atoms with E-state index < -0.39 is 12.0 Å². The van der Waals surface area contributed by atoms with Crippen LogP contribution >= 0.6 is 0 Å². The Morgan fingerprint density at radius 3 is 2.71 bits per heavy atom. The lowest BCUT2D eigenvalue weighted by atomic mass is 10.0. The third-order valence-electron chi connectivity index (χ3n) is 4.74. The third-order valence-corrected chi connectivity index (χ3v) is 4.74. The van der Waals surface area contributed by atoms with Gasteiger partial charge < -0.3 is 14.7 Å². The number of carboxylic acid groups (broad SMARTS) is 1. The Morgan fingerprint density at radius 1 is 1.25 bits per heavy atom. The Hall–Kier alpha value is -1.92. The van der Waals surface area contributed by atoms with E-state index >= 15 is 0 Å². The minimum absolute atomic E-state index is 0.0879. The SMILES string of the molecule is O=C(O)CC1C(=O)N(CC2CCCO2)CCN1Cc1ccccc1. The second kappa shape index (κ2) is 7.77. The Labute approximate surface area is 142 Å². The van der Waals surface area contributed by atoms with Crippen LogP contribution in [0.15, 0.2) is 30.3 Å². The maximum atomic E-state index is 12.8. The number of carbonyl (C=O) groups excluding carboxylic acids is 1. The molecule has 2 fully saturated rings. The van der Waals surface area contributed by atoms with Crippen LogP contribution in [0.1, 0.15) is 24.8 Å². The van der Waals surface area contributed by atoms with E-state index in [4.69, 9.17) is 4.74 Å². The monoisotopic (exact) mass is 332 g/mol. The van der Waals surface area contributed by atoms with Crippen LogP contribution in [0, 0.1) is 0 Å². The van der Waals surface area contributed by atoms with Crippen molar-refractivity contribution < 1.29 is 19.4 Å². The smallest absolute Gasteiger partial charge is 0.305 e. The van der Waals surface area contributed by atoms with Gasteiger partial charge in [0, 0.05) is 32.8 Å². The first kappa shape index (κ1) is 16.9. The van der Waals surface area contributed by atoms with Crippen molar-refractivity contribution in [2.45, 2.75) is 38.0 Å². The van der Waals surface area contributed by atoms with Crippen LogP contribution in [0.4, 0.5) is 0 Å². The van der Waals surface area contributed by atoms with Crippen molar-refractivity contribution in [1.82, 2.24) is 9.80 Å². The molecule has 0 aromatic heterocycles. The number of carbonyl (C=O) groups is 2. The van der Waals surface area contributed by atoms with E-state index in [-0.39, 0.29) is 18.4 Å². The minimum atomic E-state index is -0.939. The van der Waals surface area contributed by atoms with Crippen molar-refractivity contribution in [2.75, 3.05) is 26.2 Å². The quantitative estimate of drug-likeness (QED) is 0.852. The average Bonchev–Trinajstić information content (AvgIpc) is 3.07. The zero-order chi connectivity index (χ0) is 16.9. The summed E-state index contributed by atoms with van der Waals surface area (Å²) in [5, 5.41) is 9.22. The van der Waals surface area contributed by atoms with Gasteiger partial charge in [0.1, 0.15) is 6.04 Å². The van der Waals surface area contributed by atoms with Crippen molar-refractivity contribution in [3.8, 4) is 0 Å². The fraction of sp³-hybridized carbons (Fsp3) is 0.556. The number of benzene rings is 1. The first-order chi connectivity index (χ1) is 11.6. The lowest BCUT2D eigenvalue weighted by molar-refractivity contribution is -0.150. The molecule has 0 spiro atoms. The maximum Gasteiger partial charge on any atom is 0.305 e. The summed E-state index contributed by atoms with van der Waals surface area (Å²) in [6.45, 7) is 3.24. The number of nitrogens with zero attached hydrogens (tertiary/aromatic N) is 2. The van der Waals surface area contributed by atoms with Gasteiger partial charge in [-0.05, 0) is 18.4 Å². The molecular formula is C18H24N2O4. The van der Waals surface area contributed by atoms with Gasteiger partial charge in [-0.1, -0.05) is 30.3 Å². The normalized spacial score (nSPS) is 25.2. The van der Waals surface area contributed by atoms with E-state index in [0.29, 0.717) is 26.2 Å². The van der Waals surface area contributed by atoms with E-state index in [0.717, 1.165) is 25.0 Å². The van der Waals surface area contributed by atoms with Crippen LogP contribution in [-0.4, -0.2) is 65.2 Å². The Balaban J connectivity index is 1.68. The molecule has 2 aliphatic heterocycles. The van der Waals surface area contributed by atoms with Gasteiger partial charge >= 0.3 is 5.97 Å².